The average Bonchev–Trinajstić information content (AvgIpc) is 3.27. The number of amides is 1. The largest absolute Gasteiger partial charge is 0.376 e. The minimum atomic E-state index is -0.101. The molecule has 1 atom stereocenters. The van der Waals surface area contributed by atoms with Gasteiger partial charge in [0.05, 0.1) is 11.8 Å². The predicted octanol–water partition coefficient (Wildman–Crippen LogP) is 2.20. The number of aromatic nitrogens is 2. The van der Waals surface area contributed by atoms with Gasteiger partial charge in [-0.25, -0.2) is 0 Å². The Labute approximate surface area is 154 Å². The molecule has 1 unspecified atom stereocenters. The Balaban J connectivity index is 1.39. The van der Waals surface area contributed by atoms with Crippen molar-refractivity contribution in [3.63, 3.8) is 0 Å². The monoisotopic (exact) mass is 354 g/mol. The zero-order valence-electron chi connectivity index (χ0n) is 15.1. The highest BCUT2D eigenvalue weighted by molar-refractivity contribution is 5.92. The quantitative estimate of drug-likeness (QED) is 0.894. The summed E-state index contributed by atoms with van der Waals surface area (Å²) in [5, 5.41) is 7.50. The lowest BCUT2D eigenvalue weighted by Crippen LogP contribution is -2.32. The van der Waals surface area contributed by atoms with Crippen molar-refractivity contribution in [3.05, 3.63) is 53.3 Å². The maximum Gasteiger partial charge on any atom is 0.271 e. The van der Waals surface area contributed by atoms with E-state index in [4.69, 9.17) is 4.74 Å². The highest BCUT2D eigenvalue weighted by Crippen LogP contribution is 2.17. The van der Waals surface area contributed by atoms with E-state index < -0.39 is 0 Å². The Morgan fingerprint density at radius 3 is 2.92 bits per heavy atom. The first-order valence-corrected chi connectivity index (χ1v) is 9.51. The van der Waals surface area contributed by atoms with Crippen molar-refractivity contribution < 1.29 is 9.53 Å². The summed E-state index contributed by atoms with van der Waals surface area (Å²) in [6.45, 7) is 5.02. The van der Waals surface area contributed by atoms with Crippen molar-refractivity contribution in [2.24, 2.45) is 0 Å². The molecule has 2 aromatic rings. The van der Waals surface area contributed by atoms with Gasteiger partial charge in [0, 0.05) is 39.3 Å². The molecule has 1 aromatic carbocycles. The van der Waals surface area contributed by atoms with Crippen LogP contribution in [0.5, 0.6) is 0 Å². The van der Waals surface area contributed by atoms with Crippen LogP contribution in [-0.2, 0) is 24.4 Å². The maximum atomic E-state index is 12.4. The molecule has 0 radical (unpaired) electrons. The van der Waals surface area contributed by atoms with Crippen LogP contribution < -0.4 is 5.32 Å². The van der Waals surface area contributed by atoms with Crippen LogP contribution in [0, 0.1) is 0 Å². The Bertz CT molecular complexity index is 738. The molecule has 1 N–H and O–H groups in total. The third-order valence-electron chi connectivity index (χ3n) is 5.09. The normalized spacial score (nSPS) is 20.5. The number of benzene rings is 1. The molecule has 6 heteroatoms. The number of ether oxygens (including phenoxy) is 1. The second-order valence-electron chi connectivity index (χ2n) is 7.14. The number of aryl methyl sites for hydroxylation is 1. The zero-order chi connectivity index (χ0) is 17.8. The van der Waals surface area contributed by atoms with E-state index in [9.17, 15) is 4.79 Å². The zero-order valence-corrected chi connectivity index (χ0v) is 15.1. The Morgan fingerprint density at radius 1 is 1.23 bits per heavy atom. The van der Waals surface area contributed by atoms with E-state index in [1.165, 1.54) is 5.56 Å². The fourth-order valence-electron chi connectivity index (χ4n) is 3.72. The third kappa shape index (κ3) is 4.14. The lowest BCUT2D eigenvalue weighted by molar-refractivity contribution is 0.0853. The van der Waals surface area contributed by atoms with Gasteiger partial charge in [-0.3, -0.25) is 14.4 Å². The molecule has 1 fully saturated rings. The van der Waals surface area contributed by atoms with Crippen LogP contribution >= 0.6 is 0 Å². The van der Waals surface area contributed by atoms with Crippen molar-refractivity contribution in [3.8, 4) is 0 Å². The molecule has 138 valence electrons. The fraction of sp³-hybridized carbons (Fsp3) is 0.500. The van der Waals surface area contributed by atoms with E-state index in [2.05, 4.69) is 39.6 Å². The molecule has 1 aromatic heterocycles. The van der Waals surface area contributed by atoms with Gasteiger partial charge in [-0.1, -0.05) is 30.3 Å². The van der Waals surface area contributed by atoms with Gasteiger partial charge in [-0.15, -0.1) is 0 Å². The summed E-state index contributed by atoms with van der Waals surface area (Å²) in [6, 6.07) is 12.5. The van der Waals surface area contributed by atoms with E-state index in [0.717, 1.165) is 57.7 Å². The minimum Gasteiger partial charge on any atom is -0.376 e. The van der Waals surface area contributed by atoms with E-state index in [0.29, 0.717) is 12.2 Å². The summed E-state index contributed by atoms with van der Waals surface area (Å²) in [4.78, 5) is 14.8. The maximum absolute atomic E-state index is 12.4. The molecule has 0 saturated carbocycles. The molecule has 2 aliphatic rings. The van der Waals surface area contributed by atoms with Crippen LogP contribution in [0.4, 0.5) is 0 Å². The van der Waals surface area contributed by atoms with E-state index in [-0.39, 0.29) is 12.0 Å². The summed E-state index contributed by atoms with van der Waals surface area (Å²) < 4.78 is 7.55. The smallest absolute Gasteiger partial charge is 0.271 e. The van der Waals surface area contributed by atoms with Gasteiger partial charge in [-0.2, -0.15) is 5.10 Å². The predicted molar refractivity (Wildman–Crippen MR) is 98.7 cm³/mol. The summed E-state index contributed by atoms with van der Waals surface area (Å²) in [6.07, 6.45) is 3.30. The number of nitrogens with one attached hydrogen (secondary N) is 1. The van der Waals surface area contributed by atoms with Crippen LogP contribution in [-0.4, -0.2) is 46.4 Å². The summed E-state index contributed by atoms with van der Waals surface area (Å²) in [7, 11) is 0. The summed E-state index contributed by atoms with van der Waals surface area (Å²) in [5.74, 6) is -0.101. The SMILES string of the molecule is O=C(NCC1CCCO1)c1cc2n(n1)CCCN(Cc1ccccc1)C2. The first-order chi connectivity index (χ1) is 12.8. The number of carbonyl (C=O) groups is 1. The van der Waals surface area contributed by atoms with Gasteiger partial charge < -0.3 is 10.1 Å². The number of hydrogen-bond donors (Lipinski definition) is 1. The summed E-state index contributed by atoms with van der Waals surface area (Å²) in [5.41, 5.74) is 2.94. The minimum absolute atomic E-state index is 0.101. The van der Waals surface area contributed by atoms with Crippen LogP contribution in [0.1, 0.15) is 41.0 Å². The molecular formula is C20H26N4O2. The molecule has 26 heavy (non-hydrogen) atoms. The Hall–Kier alpha value is -2.18. The van der Waals surface area contributed by atoms with E-state index >= 15 is 0 Å². The number of carbonyl (C=O) groups excluding carboxylic acids is 1. The Kier molecular flexibility index (Phi) is 5.32. The Morgan fingerprint density at radius 2 is 2.12 bits per heavy atom. The fourth-order valence-corrected chi connectivity index (χ4v) is 3.72. The van der Waals surface area contributed by atoms with Crippen LogP contribution in [0.2, 0.25) is 0 Å². The molecule has 0 bridgehead atoms. The molecule has 1 saturated heterocycles. The van der Waals surface area contributed by atoms with E-state index in [1.54, 1.807) is 0 Å². The average molecular weight is 354 g/mol. The van der Waals surface area contributed by atoms with Gasteiger partial charge in [-0.05, 0) is 30.9 Å². The summed E-state index contributed by atoms with van der Waals surface area (Å²) >= 11 is 0. The van der Waals surface area contributed by atoms with Crippen molar-refractivity contribution in [2.75, 3.05) is 19.7 Å². The first kappa shape index (κ1) is 17.2. The van der Waals surface area contributed by atoms with Gasteiger partial charge >= 0.3 is 0 Å². The molecule has 3 heterocycles. The van der Waals surface area contributed by atoms with Gasteiger partial charge in [0.1, 0.15) is 5.69 Å². The van der Waals surface area contributed by atoms with Crippen molar-refractivity contribution in [1.82, 2.24) is 20.0 Å². The molecule has 4 rings (SSSR count). The topological polar surface area (TPSA) is 59.4 Å². The molecule has 0 spiro atoms. The lowest BCUT2D eigenvalue weighted by Gasteiger charge is -2.19. The second kappa shape index (κ2) is 8.01. The molecule has 1 amide bonds. The molecule has 6 nitrogen and oxygen atoms in total. The van der Waals surface area contributed by atoms with Crippen molar-refractivity contribution in [1.29, 1.82) is 0 Å². The lowest BCUT2D eigenvalue weighted by atomic mass is 10.2. The third-order valence-corrected chi connectivity index (χ3v) is 5.09. The first-order valence-electron chi connectivity index (χ1n) is 9.51. The standard InChI is InChI=1S/C20H26N4O2/c25-20(21-13-18-8-4-11-26-18)19-12-17-15-23(9-5-10-24(17)22-19)14-16-6-2-1-3-7-16/h1-3,6-7,12,18H,4-5,8-11,13-15H2,(H,21,25). The number of nitrogens with zero attached hydrogens (tertiary/aromatic N) is 3. The van der Waals surface area contributed by atoms with Gasteiger partial charge in [0.15, 0.2) is 0 Å². The van der Waals surface area contributed by atoms with Crippen LogP contribution in [0.3, 0.4) is 0 Å². The van der Waals surface area contributed by atoms with Crippen molar-refractivity contribution in [2.45, 2.75) is 45.0 Å². The number of rotatable bonds is 5. The highest BCUT2D eigenvalue weighted by Gasteiger charge is 2.21. The number of fused-ring (bicyclic) bond motifs is 1. The van der Waals surface area contributed by atoms with Crippen molar-refractivity contribution >= 4 is 5.91 Å². The van der Waals surface area contributed by atoms with Gasteiger partial charge in [0.25, 0.3) is 5.91 Å². The highest BCUT2D eigenvalue weighted by atomic mass is 16.5. The van der Waals surface area contributed by atoms with E-state index in [1.807, 2.05) is 16.8 Å². The molecular weight excluding hydrogens is 328 g/mol. The van der Waals surface area contributed by atoms with Crippen LogP contribution in [0.15, 0.2) is 36.4 Å². The second-order valence-corrected chi connectivity index (χ2v) is 7.14. The van der Waals surface area contributed by atoms with Gasteiger partial charge in [0.2, 0.25) is 0 Å². The van der Waals surface area contributed by atoms with Crippen LogP contribution in [0.25, 0.3) is 0 Å². The number of hydrogen-bond acceptors (Lipinski definition) is 4. The molecule has 2 aliphatic heterocycles. The molecule has 0 aliphatic carbocycles.